The molecule has 0 atom stereocenters. The van der Waals surface area contributed by atoms with Crippen LogP contribution < -0.4 is 16.4 Å². The van der Waals surface area contributed by atoms with Crippen molar-refractivity contribution in [2.75, 3.05) is 11.9 Å². The molecule has 0 saturated carbocycles. The highest BCUT2D eigenvalue weighted by Crippen LogP contribution is 2.04. The normalized spacial score (nSPS) is 11.0. The quantitative estimate of drug-likeness (QED) is 0.203. The Morgan fingerprint density at radius 2 is 2.00 bits per heavy atom. The molecule has 0 aromatic heterocycles. The van der Waals surface area contributed by atoms with Crippen LogP contribution >= 0.6 is 0 Å². The van der Waals surface area contributed by atoms with Gasteiger partial charge in [0.1, 0.15) is 5.84 Å². The Morgan fingerprint density at radius 1 is 1.28 bits per heavy atom. The first-order valence-electron chi connectivity index (χ1n) is 5.78. The number of oxime groups is 1. The van der Waals surface area contributed by atoms with Gasteiger partial charge in [0.05, 0.1) is 0 Å². The fraction of sp³-hybridized carbons (Fsp3) is 0.333. The number of amides is 2. The molecule has 0 aliphatic rings. The highest BCUT2D eigenvalue weighted by molar-refractivity contribution is 5.89. The van der Waals surface area contributed by atoms with Gasteiger partial charge in [-0.05, 0) is 25.0 Å². The molecule has 0 radical (unpaired) electrons. The van der Waals surface area contributed by atoms with Gasteiger partial charge < -0.3 is 21.6 Å². The minimum absolute atomic E-state index is 0.212. The van der Waals surface area contributed by atoms with Crippen LogP contribution in [-0.2, 0) is 0 Å². The van der Waals surface area contributed by atoms with Crippen molar-refractivity contribution in [1.29, 1.82) is 0 Å². The maximum Gasteiger partial charge on any atom is 0.319 e. The van der Waals surface area contributed by atoms with Gasteiger partial charge in [0.2, 0.25) is 0 Å². The monoisotopic (exact) mass is 250 g/mol. The number of nitrogens with one attached hydrogen (secondary N) is 2. The summed E-state index contributed by atoms with van der Waals surface area (Å²) in [6, 6.07) is 9.00. The van der Waals surface area contributed by atoms with Gasteiger partial charge in [-0.1, -0.05) is 23.4 Å². The number of urea groups is 1. The summed E-state index contributed by atoms with van der Waals surface area (Å²) in [7, 11) is 0. The zero-order valence-corrected chi connectivity index (χ0v) is 10.1. The molecule has 0 bridgehead atoms. The van der Waals surface area contributed by atoms with E-state index in [-0.39, 0.29) is 11.9 Å². The first-order valence-corrected chi connectivity index (χ1v) is 5.78. The van der Waals surface area contributed by atoms with Gasteiger partial charge in [-0.2, -0.15) is 0 Å². The molecule has 2 amide bonds. The Labute approximate surface area is 106 Å². The summed E-state index contributed by atoms with van der Waals surface area (Å²) in [6.07, 6.45) is 2.07. The Kier molecular flexibility index (Phi) is 6.10. The number of unbranched alkanes of at least 4 members (excludes halogenated alkanes) is 1. The third kappa shape index (κ3) is 5.74. The van der Waals surface area contributed by atoms with E-state index in [0.717, 1.165) is 18.5 Å². The van der Waals surface area contributed by atoms with Gasteiger partial charge in [0, 0.05) is 18.7 Å². The number of carbonyl (C=O) groups is 1. The molecule has 98 valence electrons. The topological polar surface area (TPSA) is 99.7 Å². The number of rotatable bonds is 6. The molecule has 5 N–H and O–H groups in total. The van der Waals surface area contributed by atoms with Gasteiger partial charge in [-0.3, -0.25) is 0 Å². The summed E-state index contributed by atoms with van der Waals surface area (Å²) in [5.74, 6) is 0.212. The van der Waals surface area contributed by atoms with E-state index in [0.29, 0.717) is 13.0 Å². The molecule has 0 heterocycles. The molecule has 0 spiro atoms. The summed E-state index contributed by atoms with van der Waals surface area (Å²) in [5.41, 5.74) is 6.07. The van der Waals surface area contributed by atoms with Crippen LogP contribution in [0.15, 0.2) is 35.5 Å². The zero-order chi connectivity index (χ0) is 13.2. The third-order valence-corrected chi connectivity index (χ3v) is 2.31. The molecule has 0 saturated heterocycles. The second-order valence-electron chi connectivity index (χ2n) is 3.80. The smallest absolute Gasteiger partial charge is 0.319 e. The lowest BCUT2D eigenvalue weighted by Crippen LogP contribution is -2.29. The van der Waals surface area contributed by atoms with E-state index in [4.69, 9.17) is 10.9 Å². The molecule has 0 unspecified atom stereocenters. The molecule has 0 fully saturated rings. The lowest BCUT2D eigenvalue weighted by Gasteiger charge is -2.07. The predicted molar refractivity (Wildman–Crippen MR) is 70.7 cm³/mol. The fourth-order valence-corrected chi connectivity index (χ4v) is 1.38. The summed E-state index contributed by atoms with van der Waals surface area (Å²) < 4.78 is 0. The number of carbonyl (C=O) groups excluding carboxylic acids is 1. The number of hydrogen-bond acceptors (Lipinski definition) is 3. The van der Waals surface area contributed by atoms with Gasteiger partial charge >= 0.3 is 6.03 Å². The van der Waals surface area contributed by atoms with Gasteiger partial charge in [0.15, 0.2) is 0 Å². The van der Waals surface area contributed by atoms with Crippen LogP contribution in [0, 0.1) is 0 Å². The van der Waals surface area contributed by atoms with Crippen LogP contribution in [-0.4, -0.2) is 23.6 Å². The van der Waals surface area contributed by atoms with Crippen LogP contribution in [0.2, 0.25) is 0 Å². The molecular weight excluding hydrogens is 232 g/mol. The van der Waals surface area contributed by atoms with E-state index >= 15 is 0 Å². The van der Waals surface area contributed by atoms with E-state index in [1.54, 1.807) is 0 Å². The van der Waals surface area contributed by atoms with Crippen LogP contribution in [0.4, 0.5) is 10.5 Å². The Bertz CT molecular complexity index is 392. The molecule has 1 rings (SSSR count). The van der Waals surface area contributed by atoms with Crippen molar-refractivity contribution in [1.82, 2.24) is 5.32 Å². The molecule has 1 aromatic carbocycles. The van der Waals surface area contributed by atoms with Crippen molar-refractivity contribution >= 4 is 17.6 Å². The molecule has 6 heteroatoms. The van der Waals surface area contributed by atoms with E-state index in [2.05, 4.69) is 15.8 Å². The van der Waals surface area contributed by atoms with Crippen molar-refractivity contribution < 1.29 is 10.0 Å². The first kappa shape index (κ1) is 13.8. The zero-order valence-electron chi connectivity index (χ0n) is 10.1. The minimum atomic E-state index is -0.231. The Morgan fingerprint density at radius 3 is 2.67 bits per heavy atom. The number of amidine groups is 1. The minimum Gasteiger partial charge on any atom is -0.409 e. The largest absolute Gasteiger partial charge is 0.409 e. The van der Waals surface area contributed by atoms with Gasteiger partial charge in [0.25, 0.3) is 0 Å². The van der Waals surface area contributed by atoms with Crippen molar-refractivity contribution in [3.05, 3.63) is 30.3 Å². The third-order valence-electron chi connectivity index (χ3n) is 2.31. The average Bonchev–Trinajstić information content (AvgIpc) is 2.39. The number of hydrogen-bond donors (Lipinski definition) is 4. The van der Waals surface area contributed by atoms with E-state index in [9.17, 15) is 4.79 Å². The van der Waals surface area contributed by atoms with Crippen LogP contribution in [0.3, 0.4) is 0 Å². The second-order valence-corrected chi connectivity index (χ2v) is 3.80. The number of nitrogens with two attached hydrogens (primary N) is 1. The molecule has 18 heavy (non-hydrogen) atoms. The second kappa shape index (κ2) is 7.94. The summed E-state index contributed by atoms with van der Waals surface area (Å²) in [4.78, 5) is 11.5. The van der Waals surface area contributed by atoms with E-state index in [1.807, 2.05) is 30.3 Å². The molecule has 6 nitrogen and oxygen atoms in total. The van der Waals surface area contributed by atoms with Crippen molar-refractivity contribution in [3.63, 3.8) is 0 Å². The number of para-hydroxylation sites is 1. The molecule has 0 aliphatic heterocycles. The highest BCUT2D eigenvalue weighted by atomic mass is 16.4. The van der Waals surface area contributed by atoms with Crippen LogP contribution in [0.25, 0.3) is 0 Å². The first-order chi connectivity index (χ1) is 8.72. The lowest BCUT2D eigenvalue weighted by molar-refractivity contribution is 0.252. The summed E-state index contributed by atoms with van der Waals surface area (Å²) in [5, 5.41) is 16.6. The van der Waals surface area contributed by atoms with Gasteiger partial charge in [-0.25, -0.2) is 4.79 Å². The SMILES string of the molecule is NC(CCCCNC(=O)Nc1ccccc1)=NO. The molecular formula is C12H18N4O2. The van der Waals surface area contributed by atoms with Crippen molar-refractivity contribution in [3.8, 4) is 0 Å². The summed E-state index contributed by atoms with van der Waals surface area (Å²) in [6.45, 7) is 0.553. The van der Waals surface area contributed by atoms with E-state index < -0.39 is 0 Å². The van der Waals surface area contributed by atoms with Crippen molar-refractivity contribution in [2.24, 2.45) is 10.9 Å². The van der Waals surface area contributed by atoms with Crippen LogP contribution in [0.5, 0.6) is 0 Å². The fourth-order valence-electron chi connectivity index (χ4n) is 1.38. The molecule has 0 aliphatic carbocycles. The van der Waals surface area contributed by atoms with Crippen molar-refractivity contribution in [2.45, 2.75) is 19.3 Å². The Hall–Kier alpha value is -2.24. The van der Waals surface area contributed by atoms with Crippen LogP contribution in [0.1, 0.15) is 19.3 Å². The Balaban J connectivity index is 2.11. The number of benzene rings is 1. The summed E-state index contributed by atoms with van der Waals surface area (Å²) >= 11 is 0. The highest BCUT2D eigenvalue weighted by Gasteiger charge is 2.00. The number of nitrogens with zero attached hydrogens (tertiary/aromatic N) is 1. The predicted octanol–water partition coefficient (Wildman–Crippen LogP) is 1.72. The maximum atomic E-state index is 11.5. The average molecular weight is 250 g/mol. The molecule has 1 aromatic rings. The van der Waals surface area contributed by atoms with Gasteiger partial charge in [-0.15, -0.1) is 0 Å². The van der Waals surface area contributed by atoms with E-state index in [1.165, 1.54) is 0 Å². The standard InChI is InChI=1S/C12H18N4O2/c13-11(16-18)8-4-5-9-14-12(17)15-10-6-2-1-3-7-10/h1-3,6-7,18H,4-5,8-9H2,(H2,13,16)(H2,14,15,17). The lowest BCUT2D eigenvalue weighted by atomic mass is 10.2. The number of anilines is 1. The maximum absolute atomic E-state index is 11.5.